The number of carboxylic acids is 1. The highest BCUT2D eigenvalue weighted by Gasteiger charge is 2.44. The van der Waals surface area contributed by atoms with Crippen LogP contribution < -0.4 is 10.6 Å². The van der Waals surface area contributed by atoms with Gasteiger partial charge >= 0.3 is 24.1 Å². The molecular weight excluding hydrogens is 825 g/mol. The summed E-state index contributed by atoms with van der Waals surface area (Å²) in [5.41, 5.74) is -0.435. The number of hydrogen-bond acceptors (Lipinski definition) is 13. The minimum atomic E-state index is -1.56. The Labute approximate surface area is 372 Å². The molecule has 3 N–H and O–H groups in total. The van der Waals surface area contributed by atoms with E-state index in [0.717, 1.165) is 21.9 Å². The Morgan fingerprint density at radius 2 is 1.33 bits per heavy atom. The number of carbonyl (C=O) groups is 4. The monoisotopic (exact) mass is 882 g/mol. The predicted molar refractivity (Wildman–Crippen MR) is 238 cm³/mol. The van der Waals surface area contributed by atoms with Crippen LogP contribution in [-0.2, 0) is 42.7 Å². The van der Waals surface area contributed by atoms with Crippen molar-refractivity contribution in [3.8, 4) is 0 Å². The van der Waals surface area contributed by atoms with Gasteiger partial charge in [0.2, 0.25) is 11.2 Å². The van der Waals surface area contributed by atoms with Gasteiger partial charge in [-0.15, -0.1) is 0 Å². The minimum Gasteiger partial charge on any atom is -0.479 e. The summed E-state index contributed by atoms with van der Waals surface area (Å²) in [6.07, 6.45) is 5.94. The van der Waals surface area contributed by atoms with Crippen LogP contribution in [0.25, 0.3) is 34.0 Å². The molecule has 0 saturated carbocycles. The van der Waals surface area contributed by atoms with E-state index in [1.165, 1.54) is 13.2 Å². The Balaban J connectivity index is 1.01. The summed E-state index contributed by atoms with van der Waals surface area (Å²) < 4.78 is 39.6. The molecule has 16 heteroatoms. The molecule has 6 rings (SSSR count). The van der Waals surface area contributed by atoms with Gasteiger partial charge in [-0.3, -0.25) is 9.97 Å². The minimum absolute atomic E-state index is 0.0841. The zero-order valence-corrected chi connectivity index (χ0v) is 37.6. The Bertz CT molecular complexity index is 2390. The van der Waals surface area contributed by atoms with Crippen LogP contribution in [0.2, 0.25) is 0 Å². The molecule has 3 unspecified atom stereocenters. The van der Waals surface area contributed by atoms with E-state index >= 15 is 0 Å². The second kappa shape index (κ2) is 19.8. The second-order valence-electron chi connectivity index (χ2n) is 17.7. The van der Waals surface area contributed by atoms with Crippen LogP contribution in [0.15, 0.2) is 72.8 Å². The highest BCUT2D eigenvalue weighted by molar-refractivity contribution is 5.86. The number of aromatic nitrogens is 2. The summed E-state index contributed by atoms with van der Waals surface area (Å²) in [5, 5.41) is 17.2. The predicted octanol–water partition coefficient (Wildman–Crippen LogP) is 7.64. The molecule has 2 aliphatic rings. The molecule has 4 heterocycles. The molecule has 0 spiro atoms. The van der Waals surface area contributed by atoms with Gasteiger partial charge in [-0.25, -0.2) is 19.2 Å². The van der Waals surface area contributed by atoms with Crippen LogP contribution in [-0.4, -0.2) is 108 Å². The number of fused-ring (bicyclic) bond motifs is 2. The third-order valence-electron chi connectivity index (χ3n) is 10.8. The summed E-state index contributed by atoms with van der Waals surface area (Å²) in [5.74, 6) is -1.73. The fourth-order valence-electron chi connectivity index (χ4n) is 7.13. The van der Waals surface area contributed by atoms with E-state index < -0.39 is 58.6 Å². The zero-order valence-electron chi connectivity index (χ0n) is 37.6. The van der Waals surface area contributed by atoms with Crippen molar-refractivity contribution < 1.29 is 57.4 Å². The van der Waals surface area contributed by atoms with Crippen molar-refractivity contribution in [2.75, 3.05) is 40.1 Å². The Kier molecular flexibility index (Phi) is 14.7. The van der Waals surface area contributed by atoms with Gasteiger partial charge in [-0.05, 0) is 109 Å². The van der Waals surface area contributed by atoms with E-state index in [1.54, 1.807) is 45.9 Å². The largest absolute Gasteiger partial charge is 0.479 e. The Morgan fingerprint density at radius 3 is 1.81 bits per heavy atom. The molecule has 2 saturated heterocycles. The standard InChI is InChI=1S/C48H58N4O12/c1-30(49-43(56)63-45(3,4)5)37-15-13-35-12-10-33(26-40(35)51-37)18-22-48(42(55)58-8)29-60-36(27-62-48)19-20-46(6,7)64-44(57)50-31(2)38-16-14-34-11-9-32(25-39(34)52-38)17-21-47(41(53)54)28-59-23-24-61-47/h9-18,21-22,25-26,30-31,36H,19-20,23-24,27-29H2,1-8H3,(H,49,56)(H,50,57)(H,53,54)/b21-17+,22-18+/t30-,31-,36?,47?,48?/m1/s1. The number of nitrogens with one attached hydrogen (secondary N) is 2. The number of carbonyl (C=O) groups excluding carboxylic acids is 3. The number of methoxy groups -OCH3 is 1. The quantitative estimate of drug-likeness (QED) is 0.0823. The summed E-state index contributed by atoms with van der Waals surface area (Å²) in [6, 6.07) is 17.9. The van der Waals surface area contributed by atoms with Crippen molar-refractivity contribution in [3.63, 3.8) is 0 Å². The van der Waals surface area contributed by atoms with Crippen molar-refractivity contribution >= 4 is 58.1 Å². The lowest BCUT2D eigenvalue weighted by atomic mass is 9.97. The lowest BCUT2D eigenvalue weighted by molar-refractivity contribution is -0.200. The van der Waals surface area contributed by atoms with Crippen LogP contribution in [0.5, 0.6) is 0 Å². The molecule has 0 aliphatic carbocycles. The molecular formula is C48H58N4O12. The number of hydrogen-bond donors (Lipinski definition) is 3. The average Bonchev–Trinajstić information content (AvgIpc) is 3.25. The summed E-state index contributed by atoms with van der Waals surface area (Å²) in [4.78, 5) is 60.1. The van der Waals surface area contributed by atoms with E-state index in [1.807, 2.05) is 81.4 Å². The molecule has 2 amide bonds. The Morgan fingerprint density at radius 1 is 0.781 bits per heavy atom. The highest BCUT2D eigenvalue weighted by Crippen LogP contribution is 2.29. The summed E-state index contributed by atoms with van der Waals surface area (Å²) in [6.45, 7) is 13.1. The summed E-state index contributed by atoms with van der Waals surface area (Å²) >= 11 is 0. The molecule has 16 nitrogen and oxygen atoms in total. The first kappa shape index (κ1) is 47.5. The molecule has 0 bridgehead atoms. The van der Waals surface area contributed by atoms with E-state index in [-0.39, 0.29) is 32.5 Å². The lowest BCUT2D eigenvalue weighted by Gasteiger charge is -2.37. The van der Waals surface area contributed by atoms with Gasteiger partial charge in [-0.1, -0.05) is 48.6 Å². The van der Waals surface area contributed by atoms with Crippen LogP contribution in [0.3, 0.4) is 0 Å². The Hall–Kier alpha value is -5.94. The maximum atomic E-state index is 13.1. The third-order valence-corrected chi connectivity index (χ3v) is 10.8. The SMILES string of the molecule is COC(=O)C1(/C=C/c2ccc3ccc([C@@H](C)NC(=O)OC(C)(C)C)nc3c2)COC(CCC(C)(C)OC(=O)N[C@H](C)c2ccc3ccc(/C=C/C4(C(=O)O)COCCO4)cc3n2)CO1. The van der Waals surface area contributed by atoms with Crippen molar-refractivity contribution in [1.29, 1.82) is 0 Å². The second-order valence-corrected chi connectivity index (χ2v) is 17.7. The van der Waals surface area contributed by atoms with Crippen LogP contribution in [0.1, 0.15) is 95.9 Å². The highest BCUT2D eigenvalue weighted by atomic mass is 16.6. The van der Waals surface area contributed by atoms with Crippen LogP contribution in [0, 0.1) is 0 Å². The number of esters is 1. The molecule has 2 fully saturated rings. The third kappa shape index (κ3) is 12.2. The molecule has 4 aromatic rings. The molecule has 5 atom stereocenters. The number of amides is 2. The smallest absolute Gasteiger partial charge is 0.408 e. The molecule has 342 valence electrons. The van der Waals surface area contributed by atoms with Crippen molar-refractivity contribution in [2.24, 2.45) is 0 Å². The van der Waals surface area contributed by atoms with Gasteiger partial charge in [0.25, 0.3) is 0 Å². The van der Waals surface area contributed by atoms with Crippen molar-refractivity contribution in [3.05, 3.63) is 95.3 Å². The van der Waals surface area contributed by atoms with E-state index in [2.05, 4.69) is 10.6 Å². The fraction of sp³-hybridized carbons (Fsp3) is 0.458. The lowest BCUT2D eigenvalue weighted by Crippen LogP contribution is -2.52. The first-order chi connectivity index (χ1) is 30.3. The van der Waals surface area contributed by atoms with Gasteiger partial charge in [0.1, 0.15) is 11.2 Å². The maximum Gasteiger partial charge on any atom is 0.408 e. The maximum absolute atomic E-state index is 13.1. The number of carboxylic acid groups (broad SMARTS) is 1. The number of ether oxygens (including phenoxy) is 7. The first-order valence-electron chi connectivity index (χ1n) is 21.3. The number of pyridine rings is 2. The number of aliphatic carboxylic acids is 1. The first-order valence-corrected chi connectivity index (χ1v) is 21.3. The van der Waals surface area contributed by atoms with E-state index in [0.29, 0.717) is 41.9 Å². The van der Waals surface area contributed by atoms with E-state index in [4.69, 9.17) is 43.1 Å². The number of nitrogens with zero attached hydrogens (tertiary/aromatic N) is 2. The molecule has 2 aromatic heterocycles. The number of rotatable bonds is 14. The molecule has 0 radical (unpaired) electrons. The fourth-order valence-corrected chi connectivity index (χ4v) is 7.13. The summed E-state index contributed by atoms with van der Waals surface area (Å²) in [7, 11) is 1.29. The molecule has 64 heavy (non-hydrogen) atoms. The average molecular weight is 883 g/mol. The van der Waals surface area contributed by atoms with Crippen LogP contribution in [0.4, 0.5) is 9.59 Å². The normalized spacial score (nSPS) is 21.7. The zero-order chi connectivity index (χ0) is 46.3. The topological polar surface area (TPSA) is 203 Å². The molecule has 2 aliphatic heterocycles. The van der Waals surface area contributed by atoms with Gasteiger partial charge in [0, 0.05) is 10.8 Å². The van der Waals surface area contributed by atoms with Crippen LogP contribution >= 0.6 is 0 Å². The van der Waals surface area contributed by atoms with Gasteiger partial charge < -0.3 is 48.9 Å². The van der Waals surface area contributed by atoms with Gasteiger partial charge in [0.15, 0.2) is 0 Å². The van der Waals surface area contributed by atoms with E-state index in [9.17, 15) is 24.3 Å². The van der Waals surface area contributed by atoms with Gasteiger partial charge in [-0.2, -0.15) is 0 Å². The number of alkyl carbamates (subject to hydrolysis) is 2. The van der Waals surface area contributed by atoms with Crippen molar-refractivity contribution in [1.82, 2.24) is 20.6 Å². The van der Waals surface area contributed by atoms with Gasteiger partial charge in [0.05, 0.1) is 80.8 Å². The number of benzene rings is 2. The van der Waals surface area contributed by atoms with Crippen molar-refractivity contribution in [2.45, 2.75) is 102 Å². The molecule has 2 aromatic carbocycles.